The van der Waals surface area contributed by atoms with Gasteiger partial charge in [-0.2, -0.15) is 0 Å². The Labute approximate surface area is 93.7 Å². The van der Waals surface area contributed by atoms with Crippen molar-refractivity contribution < 1.29 is 9.47 Å². The molecular formula is C11H26N2O2. The van der Waals surface area contributed by atoms with Crippen LogP contribution in [0.25, 0.3) is 0 Å². The van der Waals surface area contributed by atoms with Gasteiger partial charge in [-0.05, 0) is 20.4 Å². The highest BCUT2D eigenvalue weighted by atomic mass is 16.5. The van der Waals surface area contributed by atoms with E-state index in [4.69, 9.17) is 15.2 Å². The second kappa shape index (κ2) is 8.05. The molecule has 15 heavy (non-hydrogen) atoms. The first kappa shape index (κ1) is 14.8. The van der Waals surface area contributed by atoms with E-state index in [1.165, 1.54) is 0 Å². The van der Waals surface area contributed by atoms with E-state index in [2.05, 4.69) is 25.7 Å². The Kier molecular flexibility index (Phi) is 7.96. The zero-order chi connectivity index (χ0) is 11.7. The van der Waals surface area contributed by atoms with E-state index in [1.54, 1.807) is 7.11 Å². The molecule has 4 nitrogen and oxygen atoms in total. The van der Waals surface area contributed by atoms with E-state index in [1.807, 2.05) is 0 Å². The van der Waals surface area contributed by atoms with Crippen molar-refractivity contribution in [3.8, 4) is 0 Å². The first-order chi connectivity index (χ1) is 7.08. The lowest BCUT2D eigenvalue weighted by Crippen LogP contribution is -2.50. The topological polar surface area (TPSA) is 47.7 Å². The number of nitrogens with zero attached hydrogens (tertiary/aromatic N) is 1. The average molecular weight is 218 g/mol. The first-order valence-electron chi connectivity index (χ1n) is 5.60. The Bertz CT molecular complexity index is 152. The molecule has 0 aromatic carbocycles. The molecule has 0 saturated carbocycles. The molecule has 0 heterocycles. The predicted octanol–water partition coefficient (Wildman–Crippen LogP) is 0.709. The van der Waals surface area contributed by atoms with E-state index in [9.17, 15) is 0 Å². The minimum Gasteiger partial charge on any atom is -0.382 e. The lowest BCUT2D eigenvalue weighted by molar-refractivity contribution is 0.0381. The summed E-state index contributed by atoms with van der Waals surface area (Å²) >= 11 is 0. The van der Waals surface area contributed by atoms with Crippen molar-refractivity contribution in [2.24, 2.45) is 5.73 Å². The second-order valence-corrected chi connectivity index (χ2v) is 4.20. The summed E-state index contributed by atoms with van der Waals surface area (Å²) in [6.07, 6.45) is 0. The van der Waals surface area contributed by atoms with E-state index >= 15 is 0 Å². The van der Waals surface area contributed by atoms with Crippen molar-refractivity contribution in [2.75, 3.05) is 46.6 Å². The Hall–Kier alpha value is -0.160. The monoisotopic (exact) mass is 218 g/mol. The molecule has 0 fully saturated rings. The second-order valence-electron chi connectivity index (χ2n) is 4.20. The van der Waals surface area contributed by atoms with Crippen LogP contribution < -0.4 is 5.73 Å². The highest BCUT2D eigenvalue weighted by Crippen LogP contribution is 2.11. The standard InChI is InChI=1S/C11H26N2O2/c1-5-13(11(2,3)10-12)6-7-15-9-8-14-4/h5-10,12H2,1-4H3. The van der Waals surface area contributed by atoms with Gasteiger partial charge in [0.1, 0.15) is 0 Å². The quantitative estimate of drug-likeness (QED) is 0.579. The zero-order valence-corrected chi connectivity index (χ0v) is 10.6. The molecule has 0 aliphatic rings. The summed E-state index contributed by atoms with van der Waals surface area (Å²) in [6.45, 7) is 11.1. The Morgan fingerprint density at radius 3 is 2.33 bits per heavy atom. The molecule has 0 aromatic rings. The third-order valence-electron chi connectivity index (χ3n) is 2.67. The minimum absolute atomic E-state index is 0.0549. The maximum atomic E-state index is 5.73. The van der Waals surface area contributed by atoms with Crippen molar-refractivity contribution in [3.05, 3.63) is 0 Å². The van der Waals surface area contributed by atoms with Gasteiger partial charge in [-0.3, -0.25) is 4.90 Å². The third kappa shape index (κ3) is 6.10. The molecule has 0 saturated heterocycles. The van der Waals surface area contributed by atoms with Crippen LogP contribution in [0.2, 0.25) is 0 Å². The summed E-state index contributed by atoms with van der Waals surface area (Å²) in [5.41, 5.74) is 5.79. The van der Waals surface area contributed by atoms with Crippen LogP contribution in [0.3, 0.4) is 0 Å². The normalized spacial score (nSPS) is 12.4. The summed E-state index contributed by atoms with van der Waals surface area (Å²) in [5.74, 6) is 0. The SMILES string of the molecule is CCN(CCOCCOC)C(C)(C)CN. The molecule has 0 unspecified atom stereocenters. The first-order valence-corrected chi connectivity index (χ1v) is 5.60. The Morgan fingerprint density at radius 1 is 1.20 bits per heavy atom. The summed E-state index contributed by atoms with van der Waals surface area (Å²) in [5, 5.41) is 0. The third-order valence-corrected chi connectivity index (χ3v) is 2.67. The van der Waals surface area contributed by atoms with Gasteiger partial charge in [0.25, 0.3) is 0 Å². The molecule has 0 aliphatic carbocycles. The fraction of sp³-hybridized carbons (Fsp3) is 1.00. The van der Waals surface area contributed by atoms with Gasteiger partial charge in [-0.15, -0.1) is 0 Å². The predicted molar refractivity (Wildman–Crippen MR) is 63.1 cm³/mol. The molecule has 0 amide bonds. The number of likely N-dealkylation sites (N-methyl/N-ethyl adjacent to an activating group) is 1. The summed E-state index contributed by atoms with van der Waals surface area (Å²) in [7, 11) is 1.68. The molecule has 4 heteroatoms. The number of hydrogen-bond donors (Lipinski definition) is 1. The van der Waals surface area contributed by atoms with Crippen LogP contribution in [0, 0.1) is 0 Å². The van der Waals surface area contributed by atoms with Gasteiger partial charge in [0, 0.05) is 25.7 Å². The largest absolute Gasteiger partial charge is 0.382 e. The van der Waals surface area contributed by atoms with Gasteiger partial charge in [-0.25, -0.2) is 0 Å². The van der Waals surface area contributed by atoms with Crippen molar-refractivity contribution >= 4 is 0 Å². The highest BCUT2D eigenvalue weighted by molar-refractivity contribution is 4.81. The van der Waals surface area contributed by atoms with Gasteiger partial charge in [-0.1, -0.05) is 6.92 Å². The van der Waals surface area contributed by atoms with E-state index in [-0.39, 0.29) is 5.54 Å². The molecule has 0 aromatic heterocycles. The average Bonchev–Trinajstić information content (AvgIpc) is 2.23. The summed E-state index contributed by atoms with van der Waals surface area (Å²) in [4.78, 5) is 2.33. The van der Waals surface area contributed by atoms with Crippen LogP contribution in [0.1, 0.15) is 20.8 Å². The summed E-state index contributed by atoms with van der Waals surface area (Å²) < 4.78 is 10.3. The van der Waals surface area contributed by atoms with Crippen LogP contribution in [0.4, 0.5) is 0 Å². The highest BCUT2D eigenvalue weighted by Gasteiger charge is 2.22. The van der Waals surface area contributed by atoms with Gasteiger partial charge in [0.05, 0.1) is 19.8 Å². The molecule has 0 rings (SSSR count). The van der Waals surface area contributed by atoms with Crippen molar-refractivity contribution in [2.45, 2.75) is 26.3 Å². The van der Waals surface area contributed by atoms with Crippen LogP contribution in [-0.2, 0) is 9.47 Å². The molecule has 92 valence electrons. The zero-order valence-electron chi connectivity index (χ0n) is 10.6. The van der Waals surface area contributed by atoms with Crippen molar-refractivity contribution in [3.63, 3.8) is 0 Å². The fourth-order valence-electron chi connectivity index (χ4n) is 1.44. The lowest BCUT2D eigenvalue weighted by Gasteiger charge is -2.36. The molecular weight excluding hydrogens is 192 g/mol. The number of hydrogen-bond acceptors (Lipinski definition) is 4. The number of rotatable bonds is 9. The molecule has 0 radical (unpaired) electrons. The maximum Gasteiger partial charge on any atom is 0.0700 e. The fourth-order valence-corrected chi connectivity index (χ4v) is 1.44. The van der Waals surface area contributed by atoms with E-state index in [0.29, 0.717) is 19.8 Å². The number of ether oxygens (including phenoxy) is 2. The Morgan fingerprint density at radius 2 is 1.87 bits per heavy atom. The number of methoxy groups -OCH3 is 1. The molecule has 0 spiro atoms. The Balaban J connectivity index is 3.71. The summed E-state index contributed by atoms with van der Waals surface area (Å²) in [6, 6.07) is 0. The van der Waals surface area contributed by atoms with Gasteiger partial charge in [0.15, 0.2) is 0 Å². The smallest absolute Gasteiger partial charge is 0.0700 e. The van der Waals surface area contributed by atoms with Crippen LogP contribution in [0.5, 0.6) is 0 Å². The van der Waals surface area contributed by atoms with Crippen LogP contribution in [-0.4, -0.2) is 57.0 Å². The molecule has 2 N–H and O–H groups in total. The molecule has 0 aliphatic heterocycles. The maximum absolute atomic E-state index is 5.73. The van der Waals surface area contributed by atoms with Crippen LogP contribution in [0.15, 0.2) is 0 Å². The van der Waals surface area contributed by atoms with Crippen molar-refractivity contribution in [1.82, 2.24) is 4.90 Å². The lowest BCUT2D eigenvalue weighted by atomic mass is 10.0. The van der Waals surface area contributed by atoms with Gasteiger partial charge < -0.3 is 15.2 Å². The molecule has 0 atom stereocenters. The van der Waals surface area contributed by atoms with E-state index in [0.717, 1.165) is 19.7 Å². The van der Waals surface area contributed by atoms with Gasteiger partial charge >= 0.3 is 0 Å². The number of nitrogens with two attached hydrogens (primary N) is 1. The van der Waals surface area contributed by atoms with Crippen LogP contribution >= 0.6 is 0 Å². The van der Waals surface area contributed by atoms with Crippen molar-refractivity contribution in [1.29, 1.82) is 0 Å². The van der Waals surface area contributed by atoms with Gasteiger partial charge in [0.2, 0.25) is 0 Å². The minimum atomic E-state index is 0.0549. The molecule has 0 bridgehead atoms. The van der Waals surface area contributed by atoms with E-state index < -0.39 is 0 Å².